The topological polar surface area (TPSA) is 50.8 Å². The second kappa shape index (κ2) is 7.30. The summed E-state index contributed by atoms with van der Waals surface area (Å²) in [6.07, 6.45) is 11.8. The average Bonchev–Trinajstić information content (AvgIpc) is 3.06. The molecule has 24 heavy (non-hydrogen) atoms. The molecule has 2 atom stereocenters. The van der Waals surface area contributed by atoms with E-state index >= 15 is 0 Å². The number of rotatable bonds is 3. The zero-order valence-corrected chi connectivity index (χ0v) is 14.8. The quantitative estimate of drug-likeness (QED) is 0.860. The molecular weight excluding hydrogens is 304 g/mol. The van der Waals surface area contributed by atoms with E-state index in [0.717, 1.165) is 38.1 Å². The van der Waals surface area contributed by atoms with Crippen molar-refractivity contribution in [3.63, 3.8) is 0 Å². The number of piperidine rings is 1. The molecule has 136 valence electrons. The lowest BCUT2D eigenvalue weighted by Crippen LogP contribution is -2.52. The summed E-state index contributed by atoms with van der Waals surface area (Å²) >= 11 is 0. The molecule has 2 saturated heterocycles. The summed E-state index contributed by atoms with van der Waals surface area (Å²) in [7, 11) is 0. The summed E-state index contributed by atoms with van der Waals surface area (Å²) in [5, 5.41) is 3.28. The molecular formula is C19H32N2O3. The Morgan fingerprint density at radius 2 is 1.71 bits per heavy atom. The Morgan fingerprint density at radius 3 is 2.50 bits per heavy atom. The summed E-state index contributed by atoms with van der Waals surface area (Å²) in [5.74, 6) is 0.727. The lowest BCUT2D eigenvalue weighted by atomic mass is 9.78. The highest BCUT2D eigenvalue weighted by Crippen LogP contribution is 2.36. The van der Waals surface area contributed by atoms with Crippen LogP contribution in [-0.2, 0) is 14.3 Å². The van der Waals surface area contributed by atoms with E-state index in [4.69, 9.17) is 9.47 Å². The highest BCUT2D eigenvalue weighted by Gasteiger charge is 2.41. The third-order valence-corrected chi connectivity index (χ3v) is 6.63. The second-order valence-electron chi connectivity index (χ2n) is 8.17. The monoisotopic (exact) mass is 336 g/mol. The summed E-state index contributed by atoms with van der Waals surface area (Å²) in [6.45, 7) is 3.13. The molecule has 5 heteroatoms. The van der Waals surface area contributed by atoms with Gasteiger partial charge >= 0.3 is 0 Å². The Hall–Kier alpha value is -0.650. The number of hydrogen-bond acceptors (Lipinski definition) is 4. The van der Waals surface area contributed by atoms with Crippen LogP contribution in [-0.4, -0.2) is 55.0 Å². The molecule has 2 aliphatic heterocycles. The molecule has 0 radical (unpaired) electrons. The number of amides is 1. The Labute approximate surface area is 145 Å². The van der Waals surface area contributed by atoms with Gasteiger partial charge in [-0.2, -0.15) is 0 Å². The van der Waals surface area contributed by atoms with Crippen molar-refractivity contribution in [1.82, 2.24) is 10.2 Å². The number of carbonyl (C=O) groups excluding carboxylic acids is 1. The number of ether oxygens (including phenoxy) is 2. The minimum atomic E-state index is -0.330. The van der Waals surface area contributed by atoms with Crippen LogP contribution >= 0.6 is 0 Å². The van der Waals surface area contributed by atoms with Crippen LogP contribution < -0.4 is 5.32 Å². The fourth-order valence-corrected chi connectivity index (χ4v) is 5.37. The Balaban J connectivity index is 1.24. The first-order chi connectivity index (χ1) is 11.7. The van der Waals surface area contributed by atoms with Crippen molar-refractivity contribution in [3.8, 4) is 0 Å². The smallest absolute Gasteiger partial charge is 0.234 e. The largest absolute Gasteiger partial charge is 0.352 e. The second-order valence-corrected chi connectivity index (χ2v) is 8.17. The predicted molar refractivity (Wildman–Crippen MR) is 91.6 cm³/mol. The molecule has 0 unspecified atom stereocenters. The molecule has 4 fully saturated rings. The maximum atomic E-state index is 12.6. The maximum Gasteiger partial charge on any atom is 0.234 e. The van der Waals surface area contributed by atoms with Crippen molar-refractivity contribution in [2.75, 3.05) is 26.3 Å². The van der Waals surface area contributed by atoms with E-state index in [9.17, 15) is 4.79 Å². The zero-order chi connectivity index (χ0) is 16.4. The van der Waals surface area contributed by atoms with E-state index in [1.807, 2.05) is 0 Å². The molecule has 2 aliphatic carbocycles. The minimum Gasteiger partial charge on any atom is -0.352 e. The van der Waals surface area contributed by atoms with Crippen molar-refractivity contribution >= 4 is 5.91 Å². The van der Waals surface area contributed by atoms with Gasteiger partial charge < -0.3 is 14.8 Å². The number of nitrogens with zero attached hydrogens (tertiary/aromatic N) is 1. The van der Waals surface area contributed by atoms with Crippen LogP contribution in [0.2, 0.25) is 0 Å². The van der Waals surface area contributed by atoms with E-state index in [-0.39, 0.29) is 11.7 Å². The van der Waals surface area contributed by atoms with Crippen molar-refractivity contribution < 1.29 is 14.3 Å². The molecule has 1 spiro atoms. The molecule has 4 rings (SSSR count). The Bertz CT molecular complexity index is 438. The van der Waals surface area contributed by atoms with Crippen LogP contribution in [0.15, 0.2) is 0 Å². The fourth-order valence-electron chi connectivity index (χ4n) is 5.37. The van der Waals surface area contributed by atoms with Crippen LogP contribution in [0.3, 0.4) is 0 Å². The van der Waals surface area contributed by atoms with Crippen LogP contribution in [0.25, 0.3) is 0 Å². The van der Waals surface area contributed by atoms with Crippen molar-refractivity contribution in [2.24, 2.45) is 5.92 Å². The zero-order valence-electron chi connectivity index (χ0n) is 14.8. The van der Waals surface area contributed by atoms with Gasteiger partial charge in [0.2, 0.25) is 5.91 Å². The molecule has 2 heterocycles. The van der Waals surface area contributed by atoms with Gasteiger partial charge in [-0.05, 0) is 51.0 Å². The first-order valence-electron chi connectivity index (χ1n) is 10.1. The fraction of sp³-hybridized carbons (Fsp3) is 0.947. The first kappa shape index (κ1) is 16.8. The molecule has 0 aromatic carbocycles. The predicted octanol–water partition coefficient (Wildman–Crippen LogP) is 2.44. The Morgan fingerprint density at radius 1 is 1.00 bits per heavy atom. The highest BCUT2D eigenvalue weighted by molar-refractivity contribution is 5.78. The van der Waals surface area contributed by atoms with Gasteiger partial charge in [0.05, 0.1) is 19.8 Å². The molecule has 0 aromatic heterocycles. The van der Waals surface area contributed by atoms with Gasteiger partial charge in [0.15, 0.2) is 5.79 Å². The third kappa shape index (κ3) is 3.63. The molecule has 1 amide bonds. The van der Waals surface area contributed by atoms with Gasteiger partial charge in [0.25, 0.3) is 0 Å². The van der Waals surface area contributed by atoms with E-state index in [1.165, 1.54) is 38.5 Å². The van der Waals surface area contributed by atoms with E-state index < -0.39 is 0 Å². The molecule has 4 aliphatic rings. The summed E-state index contributed by atoms with van der Waals surface area (Å²) in [4.78, 5) is 15.0. The molecule has 0 bridgehead atoms. The van der Waals surface area contributed by atoms with Gasteiger partial charge in [0.1, 0.15) is 0 Å². The highest BCUT2D eigenvalue weighted by atomic mass is 16.7. The molecule has 1 N–H and O–H groups in total. The van der Waals surface area contributed by atoms with Gasteiger partial charge in [-0.25, -0.2) is 0 Å². The maximum absolute atomic E-state index is 12.6. The summed E-state index contributed by atoms with van der Waals surface area (Å²) < 4.78 is 11.5. The standard InChI is InChI=1S/C19H32N2O3/c22-18(14-21-11-3-5-15-4-1-2-6-17(15)21)20-16-7-9-19(10-8-16)23-12-13-24-19/h15-17H,1-14H2,(H,20,22)/t15-,17-/m0/s1. The number of fused-ring (bicyclic) bond motifs is 1. The number of likely N-dealkylation sites (tertiary alicyclic amines) is 1. The third-order valence-electron chi connectivity index (χ3n) is 6.63. The molecule has 0 aromatic rings. The van der Waals surface area contributed by atoms with Gasteiger partial charge in [-0.1, -0.05) is 12.8 Å². The normalized spacial score (nSPS) is 34.2. The van der Waals surface area contributed by atoms with Crippen LogP contribution in [0.4, 0.5) is 0 Å². The van der Waals surface area contributed by atoms with Crippen LogP contribution in [0, 0.1) is 5.92 Å². The number of hydrogen-bond donors (Lipinski definition) is 1. The van der Waals surface area contributed by atoms with Gasteiger partial charge in [-0.15, -0.1) is 0 Å². The first-order valence-corrected chi connectivity index (χ1v) is 10.1. The van der Waals surface area contributed by atoms with E-state index in [1.54, 1.807) is 0 Å². The number of nitrogens with one attached hydrogen (secondary N) is 1. The minimum absolute atomic E-state index is 0.218. The van der Waals surface area contributed by atoms with Crippen LogP contribution in [0.1, 0.15) is 64.2 Å². The lowest BCUT2D eigenvalue weighted by molar-refractivity contribution is -0.180. The number of carbonyl (C=O) groups is 1. The summed E-state index contributed by atoms with van der Waals surface area (Å²) in [5.41, 5.74) is 0. The Kier molecular flexibility index (Phi) is 5.11. The van der Waals surface area contributed by atoms with Crippen molar-refractivity contribution in [2.45, 2.75) is 82.1 Å². The van der Waals surface area contributed by atoms with Crippen molar-refractivity contribution in [1.29, 1.82) is 0 Å². The average molecular weight is 336 g/mol. The van der Waals surface area contributed by atoms with Gasteiger partial charge in [-0.3, -0.25) is 9.69 Å². The molecule has 5 nitrogen and oxygen atoms in total. The van der Waals surface area contributed by atoms with E-state index in [2.05, 4.69) is 10.2 Å². The van der Waals surface area contributed by atoms with Gasteiger partial charge in [0, 0.05) is 24.9 Å². The molecule has 2 saturated carbocycles. The summed E-state index contributed by atoms with van der Waals surface area (Å²) in [6, 6.07) is 0.955. The van der Waals surface area contributed by atoms with Crippen LogP contribution in [0.5, 0.6) is 0 Å². The lowest BCUT2D eigenvalue weighted by Gasteiger charge is -2.44. The van der Waals surface area contributed by atoms with E-state index in [0.29, 0.717) is 31.8 Å². The SMILES string of the molecule is O=C(CN1CCC[C@@H]2CCCC[C@@H]21)NC1CCC2(CC1)OCCO2. The van der Waals surface area contributed by atoms with Crippen molar-refractivity contribution in [3.05, 3.63) is 0 Å².